The average molecular weight is 224 g/mol. The van der Waals surface area contributed by atoms with Crippen LogP contribution in [0.15, 0.2) is 30.3 Å². The first kappa shape index (κ1) is 12.5. The lowest BCUT2D eigenvalue weighted by Crippen LogP contribution is -2.44. The van der Waals surface area contributed by atoms with E-state index in [9.17, 15) is 9.90 Å². The largest absolute Gasteiger partial charge is 0.465 e. The van der Waals surface area contributed by atoms with Gasteiger partial charge in [0.05, 0.1) is 6.10 Å². The normalized spacial score (nSPS) is 14.1. The van der Waals surface area contributed by atoms with Gasteiger partial charge >= 0.3 is 6.09 Å². The highest BCUT2D eigenvalue weighted by Gasteiger charge is 2.15. The lowest BCUT2D eigenvalue weighted by atomic mass is 10.0. The van der Waals surface area contributed by atoms with E-state index in [0.29, 0.717) is 6.42 Å². The number of carbonyl (C=O) groups is 1. The van der Waals surface area contributed by atoms with Crippen molar-refractivity contribution in [2.24, 2.45) is 5.73 Å². The fourth-order valence-electron chi connectivity index (χ4n) is 1.37. The van der Waals surface area contributed by atoms with Gasteiger partial charge in [-0.3, -0.25) is 0 Å². The monoisotopic (exact) mass is 224 g/mol. The van der Waals surface area contributed by atoms with Crippen LogP contribution < -0.4 is 11.1 Å². The summed E-state index contributed by atoms with van der Waals surface area (Å²) < 4.78 is 0. The van der Waals surface area contributed by atoms with Gasteiger partial charge in [-0.1, -0.05) is 30.3 Å². The number of hydrogen-bond acceptors (Lipinski definition) is 3. The van der Waals surface area contributed by atoms with E-state index in [1.165, 1.54) is 0 Å². The number of rotatable bonds is 5. The van der Waals surface area contributed by atoms with E-state index in [4.69, 9.17) is 10.8 Å². The Morgan fingerprint density at radius 1 is 1.38 bits per heavy atom. The molecule has 2 atom stereocenters. The number of hydrogen-bond donors (Lipinski definition) is 4. The summed E-state index contributed by atoms with van der Waals surface area (Å²) in [7, 11) is 0. The first-order chi connectivity index (χ1) is 7.59. The fourth-order valence-corrected chi connectivity index (χ4v) is 1.37. The summed E-state index contributed by atoms with van der Waals surface area (Å²) in [4.78, 5) is 10.2. The number of aliphatic hydroxyl groups excluding tert-OH is 1. The number of aliphatic hydroxyl groups is 1. The third-order valence-corrected chi connectivity index (χ3v) is 2.27. The lowest BCUT2D eigenvalue weighted by Gasteiger charge is -2.18. The van der Waals surface area contributed by atoms with Gasteiger partial charge in [0.15, 0.2) is 0 Å². The van der Waals surface area contributed by atoms with Gasteiger partial charge in [-0.2, -0.15) is 0 Å². The molecule has 0 aromatic heterocycles. The zero-order valence-electron chi connectivity index (χ0n) is 8.84. The van der Waals surface area contributed by atoms with Crippen LogP contribution in [0.3, 0.4) is 0 Å². The molecule has 0 spiro atoms. The maximum Gasteiger partial charge on any atom is 0.404 e. The highest BCUT2D eigenvalue weighted by molar-refractivity contribution is 5.64. The minimum atomic E-state index is -1.16. The van der Waals surface area contributed by atoms with Gasteiger partial charge in [0.2, 0.25) is 0 Å². The molecular formula is C11H16N2O3. The molecule has 1 aromatic carbocycles. The van der Waals surface area contributed by atoms with E-state index >= 15 is 0 Å². The summed E-state index contributed by atoms with van der Waals surface area (Å²) in [6, 6.07) is 9.04. The number of benzene rings is 1. The number of nitrogens with one attached hydrogen (secondary N) is 1. The quantitative estimate of drug-likeness (QED) is 0.574. The molecule has 5 heteroatoms. The zero-order chi connectivity index (χ0) is 12.0. The van der Waals surface area contributed by atoms with Gasteiger partial charge in [0, 0.05) is 12.6 Å². The molecule has 0 bridgehead atoms. The zero-order valence-corrected chi connectivity index (χ0v) is 8.84. The maximum atomic E-state index is 10.2. The first-order valence-corrected chi connectivity index (χ1v) is 5.04. The third-order valence-electron chi connectivity index (χ3n) is 2.27. The summed E-state index contributed by atoms with van der Waals surface area (Å²) in [6.45, 7) is -0.0522. The van der Waals surface area contributed by atoms with Crippen molar-refractivity contribution >= 4 is 6.09 Å². The van der Waals surface area contributed by atoms with Gasteiger partial charge < -0.3 is 21.3 Å². The molecule has 88 valence electrons. The maximum absolute atomic E-state index is 10.2. The van der Waals surface area contributed by atoms with Crippen molar-refractivity contribution in [1.29, 1.82) is 0 Å². The highest BCUT2D eigenvalue weighted by Crippen LogP contribution is 2.04. The SMILES string of the molecule is NC(Cc1ccccc1)C(O)CNC(=O)O. The Labute approximate surface area is 93.9 Å². The summed E-state index contributed by atoms with van der Waals surface area (Å²) in [5, 5.41) is 20.0. The molecule has 0 radical (unpaired) electrons. The molecule has 1 aromatic rings. The second kappa shape index (κ2) is 6.09. The first-order valence-electron chi connectivity index (χ1n) is 5.04. The van der Waals surface area contributed by atoms with Gasteiger partial charge in [-0.15, -0.1) is 0 Å². The second-order valence-electron chi connectivity index (χ2n) is 3.61. The molecule has 2 unspecified atom stereocenters. The topological polar surface area (TPSA) is 95.6 Å². The van der Waals surface area contributed by atoms with Crippen molar-refractivity contribution in [3.63, 3.8) is 0 Å². The molecule has 16 heavy (non-hydrogen) atoms. The fraction of sp³-hybridized carbons (Fsp3) is 0.364. The predicted octanol–water partition coefficient (Wildman–Crippen LogP) is 0.185. The summed E-state index contributed by atoms with van der Waals surface area (Å²) in [5.74, 6) is 0. The molecule has 0 saturated carbocycles. The molecule has 5 N–H and O–H groups in total. The highest BCUT2D eigenvalue weighted by atomic mass is 16.4. The van der Waals surface area contributed by atoms with Gasteiger partial charge in [0.1, 0.15) is 0 Å². The Balaban J connectivity index is 2.39. The van der Waals surface area contributed by atoms with Crippen LogP contribution in [0.25, 0.3) is 0 Å². The van der Waals surface area contributed by atoms with Gasteiger partial charge in [-0.05, 0) is 12.0 Å². The van der Waals surface area contributed by atoms with E-state index in [2.05, 4.69) is 5.32 Å². The van der Waals surface area contributed by atoms with Crippen LogP contribution in [0.4, 0.5) is 4.79 Å². The molecule has 1 amide bonds. The van der Waals surface area contributed by atoms with Crippen LogP contribution in [-0.4, -0.2) is 35.0 Å². The Kier molecular flexibility index (Phi) is 4.75. The molecule has 0 saturated heterocycles. The molecule has 0 heterocycles. The number of amides is 1. The molecule has 0 aliphatic carbocycles. The van der Waals surface area contributed by atoms with Crippen molar-refractivity contribution < 1.29 is 15.0 Å². The molecule has 5 nitrogen and oxygen atoms in total. The second-order valence-corrected chi connectivity index (χ2v) is 3.61. The van der Waals surface area contributed by atoms with E-state index in [1.807, 2.05) is 30.3 Å². The minimum Gasteiger partial charge on any atom is -0.465 e. The molecule has 1 rings (SSSR count). The molecular weight excluding hydrogens is 208 g/mol. The summed E-state index contributed by atoms with van der Waals surface area (Å²) in [6.07, 6.45) is -1.52. The lowest BCUT2D eigenvalue weighted by molar-refractivity contribution is 0.135. The summed E-state index contributed by atoms with van der Waals surface area (Å²) >= 11 is 0. The Bertz CT molecular complexity index is 329. The van der Waals surface area contributed by atoms with E-state index in [0.717, 1.165) is 5.56 Å². The Hall–Kier alpha value is -1.59. The van der Waals surface area contributed by atoms with Crippen molar-refractivity contribution in [2.45, 2.75) is 18.6 Å². The van der Waals surface area contributed by atoms with E-state index < -0.39 is 18.2 Å². The molecule has 0 aliphatic rings. The Morgan fingerprint density at radius 3 is 2.56 bits per heavy atom. The summed E-state index contributed by atoms with van der Waals surface area (Å²) in [5.41, 5.74) is 6.77. The van der Waals surface area contributed by atoms with Gasteiger partial charge in [0.25, 0.3) is 0 Å². The van der Waals surface area contributed by atoms with Crippen molar-refractivity contribution in [1.82, 2.24) is 5.32 Å². The number of carboxylic acid groups (broad SMARTS) is 1. The van der Waals surface area contributed by atoms with Gasteiger partial charge in [-0.25, -0.2) is 4.79 Å². The van der Waals surface area contributed by atoms with E-state index in [-0.39, 0.29) is 6.54 Å². The third kappa shape index (κ3) is 4.29. The Morgan fingerprint density at radius 2 is 2.00 bits per heavy atom. The van der Waals surface area contributed by atoms with Crippen molar-refractivity contribution in [3.8, 4) is 0 Å². The van der Waals surface area contributed by atoms with Crippen LogP contribution in [0, 0.1) is 0 Å². The van der Waals surface area contributed by atoms with Crippen LogP contribution in [0.2, 0.25) is 0 Å². The van der Waals surface area contributed by atoms with E-state index in [1.54, 1.807) is 0 Å². The number of nitrogens with two attached hydrogens (primary N) is 1. The van der Waals surface area contributed by atoms with Crippen LogP contribution in [-0.2, 0) is 6.42 Å². The smallest absolute Gasteiger partial charge is 0.404 e. The average Bonchev–Trinajstić information content (AvgIpc) is 2.27. The molecule has 0 aliphatic heterocycles. The predicted molar refractivity (Wildman–Crippen MR) is 60.2 cm³/mol. The van der Waals surface area contributed by atoms with Crippen LogP contribution >= 0.6 is 0 Å². The van der Waals surface area contributed by atoms with Crippen molar-refractivity contribution in [3.05, 3.63) is 35.9 Å². The van der Waals surface area contributed by atoms with Crippen molar-refractivity contribution in [2.75, 3.05) is 6.54 Å². The van der Waals surface area contributed by atoms with Crippen LogP contribution in [0.5, 0.6) is 0 Å². The van der Waals surface area contributed by atoms with Crippen LogP contribution in [0.1, 0.15) is 5.56 Å². The minimum absolute atomic E-state index is 0.0522. The molecule has 0 fully saturated rings. The standard InChI is InChI=1S/C11H16N2O3/c12-9(10(14)7-13-11(15)16)6-8-4-2-1-3-5-8/h1-5,9-10,13-14H,6-7,12H2,(H,15,16).